The number of ether oxygens (including phenoxy) is 2. The van der Waals surface area contributed by atoms with E-state index in [1.807, 2.05) is 26.0 Å². The smallest absolute Gasteiger partial charge is 0.162 e. The Kier molecular flexibility index (Phi) is 7.33. The van der Waals surface area contributed by atoms with Crippen LogP contribution in [0.4, 0.5) is 0 Å². The molecule has 0 aliphatic carbocycles. The predicted octanol–water partition coefficient (Wildman–Crippen LogP) is 5.04. The van der Waals surface area contributed by atoms with Crippen LogP contribution in [0.5, 0.6) is 11.5 Å². The number of hydrogen-bond acceptors (Lipinski definition) is 2. The highest BCUT2D eigenvalue weighted by Gasteiger charge is 2.15. The Morgan fingerprint density at radius 1 is 1.05 bits per heavy atom. The summed E-state index contributed by atoms with van der Waals surface area (Å²) >= 11 is 6.36. The third-order valence-corrected chi connectivity index (χ3v) is 3.23. The number of benzene rings is 1. The monoisotopic (exact) mass is 294 g/mol. The zero-order valence-electron chi connectivity index (χ0n) is 12.8. The lowest BCUT2D eigenvalue weighted by molar-refractivity contribution is 0.287. The lowest BCUT2D eigenvalue weighted by Crippen LogP contribution is -2.01. The van der Waals surface area contributed by atoms with Gasteiger partial charge in [0.25, 0.3) is 0 Å². The van der Waals surface area contributed by atoms with Gasteiger partial charge in [-0.1, -0.05) is 25.4 Å². The van der Waals surface area contributed by atoms with E-state index in [4.69, 9.17) is 21.1 Å². The van der Waals surface area contributed by atoms with Gasteiger partial charge in [-0.3, -0.25) is 0 Å². The zero-order chi connectivity index (χ0) is 15.0. The van der Waals surface area contributed by atoms with Crippen LogP contribution in [0, 0.1) is 11.8 Å². The molecule has 0 aromatic heterocycles. The van der Waals surface area contributed by atoms with Crippen LogP contribution in [0.2, 0.25) is 5.02 Å². The fourth-order valence-electron chi connectivity index (χ4n) is 1.93. The van der Waals surface area contributed by atoms with E-state index in [1.54, 1.807) is 0 Å². The van der Waals surface area contributed by atoms with Gasteiger partial charge in [-0.2, -0.15) is 0 Å². The van der Waals surface area contributed by atoms with Crippen LogP contribution < -0.4 is 9.47 Å². The van der Waals surface area contributed by atoms with Crippen LogP contribution >= 0.6 is 11.6 Å². The van der Waals surface area contributed by atoms with Crippen molar-refractivity contribution in [2.45, 2.75) is 46.5 Å². The molecule has 2 nitrogen and oxygen atoms in total. The van der Waals surface area contributed by atoms with Crippen molar-refractivity contribution in [1.82, 2.24) is 0 Å². The molecule has 0 aliphatic rings. The van der Waals surface area contributed by atoms with Crippen molar-refractivity contribution >= 4 is 11.6 Å². The summed E-state index contributed by atoms with van der Waals surface area (Å²) in [7, 11) is 0. The third kappa shape index (κ3) is 4.65. The van der Waals surface area contributed by atoms with Crippen molar-refractivity contribution in [3.05, 3.63) is 22.7 Å². The van der Waals surface area contributed by atoms with Gasteiger partial charge in [-0.25, -0.2) is 0 Å². The summed E-state index contributed by atoms with van der Waals surface area (Å²) in [5, 5.41) is 0.711. The van der Waals surface area contributed by atoms with E-state index in [-0.39, 0.29) is 5.92 Å². The quantitative estimate of drug-likeness (QED) is 0.684. The molecule has 1 aromatic rings. The molecule has 3 heteroatoms. The van der Waals surface area contributed by atoms with Crippen LogP contribution in [-0.2, 0) is 0 Å². The maximum atomic E-state index is 6.36. The molecule has 110 valence electrons. The molecule has 0 fully saturated rings. The van der Waals surface area contributed by atoms with E-state index in [9.17, 15) is 0 Å². The Balaban J connectivity index is 3.04. The van der Waals surface area contributed by atoms with E-state index in [1.165, 1.54) is 0 Å². The number of hydrogen-bond donors (Lipinski definition) is 0. The maximum Gasteiger partial charge on any atom is 0.162 e. The minimum atomic E-state index is 0.274. The molecular weight excluding hydrogens is 272 g/mol. The van der Waals surface area contributed by atoms with Crippen molar-refractivity contribution in [2.24, 2.45) is 0 Å². The van der Waals surface area contributed by atoms with Crippen molar-refractivity contribution < 1.29 is 9.47 Å². The molecule has 0 heterocycles. The van der Waals surface area contributed by atoms with Crippen molar-refractivity contribution in [3.8, 4) is 23.3 Å². The summed E-state index contributed by atoms with van der Waals surface area (Å²) in [5.74, 6) is 7.99. The minimum absolute atomic E-state index is 0.274. The molecule has 0 radical (unpaired) electrons. The summed E-state index contributed by atoms with van der Waals surface area (Å²) in [6, 6.07) is 3.82. The lowest BCUT2D eigenvalue weighted by atomic mass is 9.97. The van der Waals surface area contributed by atoms with Crippen LogP contribution in [0.1, 0.15) is 52.0 Å². The second-order valence-electron chi connectivity index (χ2n) is 4.50. The Labute approximate surface area is 127 Å². The molecule has 1 aromatic carbocycles. The average Bonchev–Trinajstić information content (AvgIpc) is 2.42. The Hall–Kier alpha value is -1.33. The van der Waals surface area contributed by atoms with Gasteiger partial charge in [0, 0.05) is 23.9 Å². The molecule has 0 spiro atoms. The molecule has 20 heavy (non-hydrogen) atoms. The topological polar surface area (TPSA) is 18.5 Å². The summed E-state index contributed by atoms with van der Waals surface area (Å²) in [5.41, 5.74) is 1.06. The van der Waals surface area contributed by atoms with E-state index < -0.39 is 0 Å². The molecular formula is C17H23ClO2. The molecule has 1 rings (SSSR count). The van der Waals surface area contributed by atoms with Crippen LogP contribution in [-0.4, -0.2) is 13.2 Å². The normalized spacial score (nSPS) is 11.4. The second-order valence-corrected chi connectivity index (χ2v) is 4.91. The van der Waals surface area contributed by atoms with Crippen molar-refractivity contribution in [3.63, 3.8) is 0 Å². The first kappa shape index (κ1) is 16.7. The largest absolute Gasteiger partial charge is 0.490 e. The molecule has 0 saturated heterocycles. The maximum absolute atomic E-state index is 6.36. The second kappa shape index (κ2) is 8.76. The third-order valence-electron chi connectivity index (χ3n) is 2.90. The molecule has 1 unspecified atom stereocenters. The summed E-state index contributed by atoms with van der Waals surface area (Å²) < 4.78 is 11.2. The molecule has 1 atom stereocenters. The van der Waals surface area contributed by atoms with E-state index in [0.717, 1.165) is 24.2 Å². The fraction of sp³-hybridized carbons (Fsp3) is 0.529. The van der Waals surface area contributed by atoms with Crippen molar-refractivity contribution in [1.29, 1.82) is 0 Å². The van der Waals surface area contributed by atoms with Gasteiger partial charge in [0.15, 0.2) is 11.5 Å². The summed E-state index contributed by atoms with van der Waals surface area (Å²) in [4.78, 5) is 0. The van der Waals surface area contributed by atoms with Crippen LogP contribution in [0.25, 0.3) is 0 Å². The van der Waals surface area contributed by atoms with Gasteiger partial charge in [0.1, 0.15) is 0 Å². The Morgan fingerprint density at radius 3 is 2.20 bits per heavy atom. The first-order valence-corrected chi connectivity index (χ1v) is 7.56. The highest BCUT2D eigenvalue weighted by Crippen LogP contribution is 2.37. The van der Waals surface area contributed by atoms with E-state index >= 15 is 0 Å². The van der Waals surface area contributed by atoms with Gasteiger partial charge < -0.3 is 9.47 Å². The lowest BCUT2D eigenvalue weighted by Gasteiger charge is -2.16. The van der Waals surface area contributed by atoms with Gasteiger partial charge in [0.2, 0.25) is 0 Å². The molecule has 0 amide bonds. The molecule has 0 bridgehead atoms. The van der Waals surface area contributed by atoms with Crippen molar-refractivity contribution in [2.75, 3.05) is 13.2 Å². The molecule has 0 saturated carbocycles. The predicted molar refractivity (Wildman–Crippen MR) is 84.9 cm³/mol. The van der Waals surface area contributed by atoms with Crippen LogP contribution in [0.3, 0.4) is 0 Å². The number of halogens is 1. The van der Waals surface area contributed by atoms with E-state index in [0.29, 0.717) is 24.0 Å². The summed E-state index contributed by atoms with van der Waals surface area (Å²) in [6.45, 7) is 9.27. The average molecular weight is 295 g/mol. The van der Waals surface area contributed by atoms with Gasteiger partial charge in [-0.15, -0.1) is 11.8 Å². The number of rotatable bonds is 6. The molecule has 0 N–H and O–H groups in total. The van der Waals surface area contributed by atoms with E-state index in [2.05, 4.69) is 25.7 Å². The SMILES string of the molecule is CCC#CCC(C)c1cc(OCC)c(OCC)cc1Cl. The highest BCUT2D eigenvalue weighted by molar-refractivity contribution is 6.31. The van der Waals surface area contributed by atoms with Gasteiger partial charge >= 0.3 is 0 Å². The Morgan fingerprint density at radius 2 is 1.65 bits per heavy atom. The summed E-state index contributed by atoms with van der Waals surface area (Å²) in [6.07, 6.45) is 1.68. The highest BCUT2D eigenvalue weighted by atomic mass is 35.5. The first-order chi connectivity index (χ1) is 9.63. The fourth-order valence-corrected chi connectivity index (χ4v) is 2.27. The minimum Gasteiger partial charge on any atom is -0.490 e. The van der Waals surface area contributed by atoms with Gasteiger partial charge in [-0.05, 0) is 31.4 Å². The van der Waals surface area contributed by atoms with Crippen LogP contribution in [0.15, 0.2) is 12.1 Å². The Bertz CT molecular complexity index is 486. The zero-order valence-corrected chi connectivity index (χ0v) is 13.5. The standard InChI is InChI=1S/C17H23ClO2/c1-5-8-9-10-13(4)14-11-16(19-6-2)17(20-7-3)12-15(14)18/h11-13H,5-7,10H2,1-4H3. The van der Waals surface area contributed by atoms with Gasteiger partial charge in [0.05, 0.1) is 13.2 Å². The molecule has 0 aliphatic heterocycles. The first-order valence-electron chi connectivity index (χ1n) is 7.18.